The minimum absolute atomic E-state index is 0.00937. The van der Waals surface area contributed by atoms with Crippen molar-refractivity contribution in [3.63, 3.8) is 0 Å². The molecule has 2 rings (SSSR count). The van der Waals surface area contributed by atoms with Gasteiger partial charge in [0.25, 0.3) is 5.91 Å². The molecule has 0 aliphatic rings. The van der Waals surface area contributed by atoms with Crippen molar-refractivity contribution in [2.45, 2.75) is 12.5 Å². The van der Waals surface area contributed by atoms with Gasteiger partial charge < -0.3 is 15.2 Å². The van der Waals surface area contributed by atoms with Crippen molar-refractivity contribution < 1.29 is 19.4 Å². The molecule has 6 heteroatoms. The number of methoxy groups -OCH3 is 1. The zero-order valence-electron chi connectivity index (χ0n) is 12.5. The highest BCUT2D eigenvalue weighted by Gasteiger charge is 2.23. The number of ether oxygens (including phenoxy) is 1. The third-order valence-corrected chi connectivity index (χ3v) is 4.33. The Labute approximate surface area is 147 Å². The number of hydrogen-bond donors (Lipinski definition) is 2. The van der Waals surface area contributed by atoms with Crippen LogP contribution in [-0.4, -0.2) is 30.1 Å². The molecule has 0 unspecified atom stereocenters. The van der Waals surface area contributed by atoms with Gasteiger partial charge in [0.2, 0.25) is 0 Å². The maximum absolute atomic E-state index is 12.3. The highest BCUT2D eigenvalue weighted by atomic mass is 127. The van der Waals surface area contributed by atoms with Gasteiger partial charge in [0.15, 0.2) is 0 Å². The molecule has 0 saturated heterocycles. The van der Waals surface area contributed by atoms with Crippen LogP contribution in [0.5, 0.6) is 5.75 Å². The third kappa shape index (κ3) is 4.69. The van der Waals surface area contributed by atoms with Crippen LogP contribution in [0.2, 0.25) is 0 Å². The summed E-state index contributed by atoms with van der Waals surface area (Å²) >= 11 is 2.18. The Morgan fingerprint density at radius 1 is 1.22 bits per heavy atom. The fourth-order valence-electron chi connectivity index (χ4n) is 2.11. The van der Waals surface area contributed by atoms with Crippen LogP contribution >= 0.6 is 22.6 Å². The fourth-order valence-corrected chi connectivity index (χ4v) is 2.72. The second kappa shape index (κ2) is 7.96. The van der Waals surface area contributed by atoms with E-state index in [1.165, 1.54) is 19.2 Å². The fraction of sp³-hybridized carbons (Fsp3) is 0.176. The summed E-state index contributed by atoms with van der Waals surface area (Å²) in [7, 11) is 1.28. The Kier molecular flexibility index (Phi) is 5.97. The molecule has 0 spiro atoms. The van der Waals surface area contributed by atoms with Gasteiger partial charge in [-0.3, -0.25) is 4.79 Å². The van der Waals surface area contributed by atoms with Crippen LogP contribution in [0, 0.1) is 3.57 Å². The van der Waals surface area contributed by atoms with Gasteiger partial charge in [-0.2, -0.15) is 0 Å². The molecule has 0 fully saturated rings. The standard InChI is InChI=1S/C17H16INO4/c1-23-17(22)15(10-11-5-2-3-8-14(11)18)19-16(21)12-6-4-7-13(20)9-12/h2-9,15,20H,10H2,1H3,(H,19,21)/t15-/m0/s1. The van der Waals surface area contributed by atoms with Crippen molar-refractivity contribution in [1.29, 1.82) is 0 Å². The molecular weight excluding hydrogens is 409 g/mol. The van der Waals surface area contributed by atoms with E-state index in [0.717, 1.165) is 9.13 Å². The van der Waals surface area contributed by atoms with Gasteiger partial charge in [-0.15, -0.1) is 0 Å². The van der Waals surface area contributed by atoms with Crippen molar-refractivity contribution in [1.82, 2.24) is 5.32 Å². The zero-order valence-corrected chi connectivity index (χ0v) is 14.6. The number of nitrogens with one attached hydrogen (secondary N) is 1. The first-order valence-electron chi connectivity index (χ1n) is 6.92. The normalized spacial score (nSPS) is 11.6. The molecular formula is C17H16INO4. The monoisotopic (exact) mass is 425 g/mol. The summed E-state index contributed by atoms with van der Waals surface area (Å²) < 4.78 is 5.78. The minimum Gasteiger partial charge on any atom is -0.508 e. The molecule has 0 aromatic heterocycles. The quantitative estimate of drug-likeness (QED) is 0.571. The Morgan fingerprint density at radius 3 is 2.61 bits per heavy atom. The van der Waals surface area contributed by atoms with E-state index in [-0.39, 0.29) is 11.3 Å². The summed E-state index contributed by atoms with van der Waals surface area (Å²) in [5.74, 6) is -0.967. The first-order chi connectivity index (χ1) is 11.0. The molecule has 1 amide bonds. The molecule has 2 aromatic carbocycles. The second-order valence-electron chi connectivity index (χ2n) is 4.90. The molecule has 1 atom stereocenters. The Morgan fingerprint density at radius 2 is 1.96 bits per heavy atom. The highest BCUT2D eigenvalue weighted by molar-refractivity contribution is 14.1. The van der Waals surface area contributed by atoms with Crippen LogP contribution in [0.15, 0.2) is 48.5 Å². The SMILES string of the molecule is COC(=O)[C@H](Cc1ccccc1I)NC(=O)c1cccc(O)c1. The van der Waals surface area contributed by atoms with Crippen molar-refractivity contribution in [3.8, 4) is 5.75 Å². The number of rotatable bonds is 5. The van der Waals surface area contributed by atoms with E-state index in [2.05, 4.69) is 27.9 Å². The van der Waals surface area contributed by atoms with Crippen molar-refractivity contribution in [2.24, 2.45) is 0 Å². The van der Waals surface area contributed by atoms with Gasteiger partial charge in [-0.05, 0) is 52.4 Å². The summed E-state index contributed by atoms with van der Waals surface area (Å²) in [6, 6.07) is 12.8. The van der Waals surface area contributed by atoms with Gasteiger partial charge in [0, 0.05) is 15.6 Å². The molecule has 0 radical (unpaired) electrons. The average molecular weight is 425 g/mol. The topological polar surface area (TPSA) is 75.6 Å². The lowest BCUT2D eigenvalue weighted by atomic mass is 10.1. The lowest BCUT2D eigenvalue weighted by Gasteiger charge is -2.17. The number of carbonyl (C=O) groups excluding carboxylic acids is 2. The minimum atomic E-state index is -0.800. The van der Waals surface area contributed by atoms with Crippen LogP contribution in [-0.2, 0) is 16.0 Å². The van der Waals surface area contributed by atoms with E-state index in [0.29, 0.717) is 6.42 Å². The largest absolute Gasteiger partial charge is 0.508 e. The lowest BCUT2D eigenvalue weighted by molar-refractivity contribution is -0.142. The van der Waals surface area contributed by atoms with E-state index in [4.69, 9.17) is 4.74 Å². The number of phenolic OH excluding ortho intramolecular Hbond substituents is 1. The Hall–Kier alpha value is -2.09. The summed E-state index contributed by atoms with van der Waals surface area (Å²) in [6.45, 7) is 0. The third-order valence-electron chi connectivity index (χ3n) is 3.28. The summed E-state index contributed by atoms with van der Waals surface area (Å²) in [5, 5.41) is 12.1. The van der Waals surface area contributed by atoms with E-state index < -0.39 is 17.9 Å². The molecule has 23 heavy (non-hydrogen) atoms. The van der Waals surface area contributed by atoms with Crippen LogP contribution in [0.4, 0.5) is 0 Å². The molecule has 0 saturated carbocycles. The zero-order chi connectivity index (χ0) is 16.8. The van der Waals surface area contributed by atoms with E-state index >= 15 is 0 Å². The Bertz CT molecular complexity index is 717. The number of hydrogen-bond acceptors (Lipinski definition) is 4. The number of aromatic hydroxyl groups is 1. The number of benzene rings is 2. The molecule has 0 aliphatic heterocycles. The predicted octanol–water partition coefficient (Wildman–Crippen LogP) is 2.51. The summed E-state index contributed by atoms with van der Waals surface area (Å²) in [5.41, 5.74) is 1.22. The molecule has 2 aromatic rings. The second-order valence-corrected chi connectivity index (χ2v) is 6.06. The van der Waals surface area contributed by atoms with Crippen molar-refractivity contribution in [3.05, 3.63) is 63.2 Å². The summed E-state index contributed by atoms with van der Waals surface area (Å²) in [6.07, 6.45) is 0.330. The van der Waals surface area contributed by atoms with Crippen LogP contribution in [0.3, 0.4) is 0 Å². The number of esters is 1. The molecule has 0 aliphatic carbocycles. The van der Waals surface area contributed by atoms with E-state index in [1.807, 2.05) is 24.3 Å². The van der Waals surface area contributed by atoms with Crippen molar-refractivity contribution >= 4 is 34.5 Å². The van der Waals surface area contributed by atoms with Gasteiger partial charge in [-0.25, -0.2) is 4.79 Å². The number of amides is 1. The maximum Gasteiger partial charge on any atom is 0.328 e. The van der Waals surface area contributed by atoms with E-state index in [1.54, 1.807) is 12.1 Å². The smallest absolute Gasteiger partial charge is 0.328 e. The number of halogens is 1. The molecule has 0 heterocycles. The van der Waals surface area contributed by atoms with Crippen LogP contribution in [0.25, 0.3) is 0 Å². The molecule has 0 bridgehead atoms. The number of phenols is 1. The highest BCUT2D eigenvalue weighted by Crippen LogP contribution is 2.15. The number of carbonyl (C=O) groups is 2. The first kappa shape index (κ1) is 17.3. The van der Waals surface area contributed by atoms with Crippen molar-refractivity contribution in [2.75, 3.05) is 7.11 Å². The van der Waals surface area contributed by atoms with Gasteiger partial charge >= 0.3 is 5.97 Å². The van der Waals surface area contributed by atoms with Crippen LogP contribution in [0.1, 0.15) is 15.9 Å². The Balaban J connectivity index is 2.17. The molecule has 5 nitrogen and oxygen atoms in total. The maximum atomic E-state index is 12.3. The summed E-state index contributed by atoms with van der Waals surface area (Å²) in [4.78, 5) is 24.2. The van der Waals surface area contributed by atoms with Gasteiger partial charge in [0.05, 0.1) is 7.11 Å². The first-order valence-corrected chi connectivity index (χ1v) is 8.00. The van der Waals surface area contributed by atoms with Gasteiger partial charge in [0.1, 0.15) is 11.8 Å². The molecule has 2 N–H and O–H groups in total. The van der Waals surface area contributed by atoms with Crippen LogP contribution < -0.4 is 5.32 Å². The van der Waals surface area contributed by atoms with E-state index in [9.17, 15) is 14.7 Å². The lowest BCUT2D eigenvalue weighted by Crippen LogP contribution is -2.43. The molecule has 120 valence electrons. The van der Waals surface area contributed by atoms with Gasteiger partial charge in [-0.1, -0.05) is 24.3 Å². The average Bonchev–Trinajstić information content (AvgIpc) is 2.55. The predicted molar refractivity (Wildman–Crippen MR) is 94.2 cm³/mol.